The highest BCUT2D eigenvalue weighted by Crippen LogP contribution is 2.30. The number of nitrogens with zero attached hydrogens (tertiary/aromatic N) is 1. The fourth-order valence-corrected chi connectivity index (χ4v) is 2.49. The summed E-state index contributed by atoms with van der Waals surface area (Å²) in [6.45, 7) is 5.37. The maximum absolute atomic E-state index is 11.3. The van der Waals surface area contributed by atoms with Gasteiger partial charge in [-0.15, -0.1) is 0 Å². The van der Waals surface area contributed by atoms with Gasteiger partial charge >= 0.3 is 0 Å². The van der Waals surface area contributed by atoms with Gasteiger partial charge in [-0.05, 0) is 45.6 Å². The first-order valence-corrected chi connectivity index (χ1v) is 6.93. The van der Waals surface area contributed by atoms with E-state index in [1.807, 2.05) is 18.2 Å². The second-order valence-electron chi connectivity index (χ2n) is 5.64. The van der Waals surface area contributed by atoms with Crippen LogP contribution in [0.25, 0.3) is 0 Å². The van der Waals surface area contributed by atoms with Crippen molar-refractivity contribution in [1.82, 2.24) is 10.2 Å². The lowest BCUT2D eigenvalue weighted by Gasteiger charge is -2.24. The first kappa shape index (κ1) is 14.8. The second kappa shape index (κ2) is 6.24. The van der Waals surface area contributed by atoms with Crippen LogP contribution in [-0.2, 0) is 4.79 Å². The van der Waals surface area contributed by atoms with Crippen molar-refractivity contribution in [3.05, 3.63) is 23.8 Å². The molecule has 1 aliphatic rings. The van der Waals surface area contributed by atoms with Gasteiger partial charge < -0.3 is 20.3 Å². The SMILES string of the molecule is CC(CN(C)C)NC(C)c1ccc2c(c1)NC(=O)CO2. The van der Waals surface area contributed by atoms with E-state index in [0.29, 0.717) is 6.04 Å². The Bertz CT molecular complexity index is 488. The van der Waals surface area contributed by atoms with Gasteiger partial charge in [0.15, 0.2) is 6.61 Å². The summed E-state index contributed by atoms with van der Waals surface area (Å²) in [5.41, 5.74) is 1.90. The summed E-state index contributed by atoms with van der Waals surface area (Å²) in [5.74, 6) is 0.637. The molecule has 0 radical (unpaired) electrons. The third-order valence-corrected chi connectivity index (χ3v) is 3.31. The number of likely N-dealkylation sites (N-methyl/N-ethyl adjacent to an activating group) is 1. The Morgan fingerprint density at radius 3 is 2.85 bits per heavy atom. The third-order valence-electron chi connectivity index (χ3n) is 3.31. The van der Waals surface area contributed by atoms with Crippen molar-refractivity contribution in [2.24, 2.45) is 0 Å². The molecule has 0 bridgehead atoms. The van der Waals surface area contributed by atoms with Crippen molar-refractivity contribution in [3.8, 4) is 5.75 Å². The van der Waals surface area contributed by atoms with Crippen LogP contribution in [0.2, 0.25) is 0 Å². The average molecular weight is 277 g/mol. The van der Waals surface area contributed by atoms with E-state index in [0.717, 1.165) is 23.5 Å². The van der Waals surface area contributed by atoms with E-state index in [4.69, 9.17) is 4.74 Å². The quantitative estimate of drug-likeness (QED) is 0.859. The molecular formula is C15H23N3O2. The first-order chi connectivity index (χ1) is 9.45. The summed E-state index contributed by atoms with van der Waals surface area (Å²) in [7, 11) is 4.13. The molecule has 20 heavy (non-hydrogen) atoms. The Morgan fingerprint density at radius 2 is 2.15 bits per heavy atom. The van der Waals surface area contributed by atoms with Crippen LogP contribution in [0, 0.1) is 0 Å². The highest BCUT2D eigenvalue weighted by molar-refractivity contribution is 5.95. The van der Waals surface area contributed by atoms with E-state index in [1.165, 1.54) is 0 Å². The van der Waals surface area contributed by atoms with Gasteiger partial charge in [0.1, 0.15) is 5.75 Å². The van der Waals surface area contributed by atoms with Crippen molar-refractivity contribution in [1.29, 1.82) is 0 Å². The molecule has 0 saturated heterocycles. The van der Waals surface area contributed by atoms with Gasteiger partial charge in [-0.3, -0.25) is 4.79 Å². The monoisotopic (exact) mass is 277 g/mol. The highest BCUT2D eigenvalue weighted by Gasteiger charge is 2.18. The van der Waals surface area contributed by atoms with E-state index < -0.39 is 0 Å². The van der Waals surface area contributed by atoms with Crippen LogP contribution in [0.3, 0.4) is 0 Å². The second-order valence-corrected chi connectivity index (χ2v) is 5.64. The number of anilines is 1. The zero-order chi connectivity index (χ0) is 14.7. The summed E-state index contributed by atoms with van der Waals surface area (Å²) in [4.78, 5) is 13.5. The van der Waals surface area contributed by atoms with E-state index in [-0.39, 0.29) is 18.6 Å². The Labute approximate surface area is 120 Å². The Hall–Kier alpha value is -1.59. The van der Waals surface area contributed by atoms with Crippen LogP contribution < -0.4 is 15.4 Å². The maximum Gasteiger partial charge on any atom is 0.262 e. The fourth-order valence-electron chi connectivity index (χ4n) is 2.49. The van der Waals surface area contributed by atoms with Crippen molar-refractivity contribution < 1.29 is 9.53 Å². The minimum absolute atomic E-state index is 0.0972. The molecule has 5 heteroatoms. The van der Waals surface area contributed by atoms with Crippen molar-refractivity contribution in [3.63, 3.8) is 0 Å². The van der Waals surface area contributed by atoms with Gasteiger partial charge in [0.25, 0.3) is 5.91 Å². The molecule has 1 heterocycles. The molecule has 0 aliphatic carbocycles. The topological polar surface area (TPSA) is 53.6 Å². The molecule has 2 unspecified atom stereocenters. The van der Waals surface area contributed by atoms with Gasteiger partial charge in [-0.1, -0.05) is 6.07 Å². The summed E-state index contributed by atoms with van der Waals surface area (Å²) in [6, 6.07) is 6.54. The number of nitrogens with one attached hydrogen (secondary N) is 2. The molecule has 0 saturated carbocycles. The number of carbonyl (C=O) groups excluding carboxylic acids is 1. The normalized spacial score (nSPS) is 17.1. The molecule has 2 N–H and O–H groups in total. The van der Waals surface area contributed by atoms with Gasteiger partial charge in [-0.2, -0.15) is 0 Å². The average Bonchev–Trinajstić information content (AvgIpc) is 2.36. The van der Waals surface area contributed by atoms with E-state index in [2.05, 4.69) is 43.5 Å². The lowest BCUT2D eigenvalue weighted by atomic mass is 10.1. The predicted octanol–water partition coefficient (Wildman–Crippen LogP) is 1.62. The minimum atomic E-state index is -0.101. The van der Waals surface area contributed by atoms with Crippen LogP contribution >= 0.6 is 0 Å². The smallest absolute Gasteiger partial charge is 0.262 e. The van der Waals surface area contributed by atoms with Crippen molar-refractivity contribution >= 4 is 11.6 Å². The Morgan fingerprint density at radius 1 is 1.40 bits per heavy atom. The summed E-state index contributed by atoms with van der Waals surface area (Å²) in [5, 5.41) is 6.39. The predicted molar refractivity (Wildman–Crippen MR) is 80.1 cm³/mol. The van der Waals surface area contributed by atoms with Crippen LogP contribution in [0.15, 0.2) is 18.2 Å². The lowest BCUT2D eigenvalue weighted by molar-refractivity contribution is -0.118. The van der Waals surface area contributed by atoms with E-state index in [1.54, 1.807) is 0 Å². The molecule has 0 fully saturated rings. The summed E-state index contributed by atoms with van der Waals surface area (Å²) >= 11 is 0. The number of ether oxygens (including phenoxy) is 1. The molecule has 110 valence electrons. The molecule has 5 nitrogen and oxygen atoms in total. The third kappa shape index (κ3) is 3.71. The lowest BCUT2D eigenvalue weighted by Crippen LogP contribution is -2.37. The van der Waals surface area contributed by atoms with Crippen LogP contribution in [0.5, 0.6) is 5.75 Å². The number of amides is 1. The van der Waals surface area contributed by atoms with Crippen molar-refractivity contribution in [2.75, 3.05) is 32.6 Å². The largest absolute Gasteiger partial charge is 0.482 e. The maximum atomic E-state index is 11.3. The van der Waals surface area contributed by atoms with Gasteiger partial charge in [0.2, 0.25) is 0 Å². The minimum Gasteiger partial charge on any atom is -0.482 e. The standard InChI is InChI=1S/C15H23N3O2/c1-10(8-18(3)4)16-11(2)12-5-6-14-13(7-12)17-15(19)9-20-14/h5-7,10-11,16H,8-9H2,1-4H3,(H,17,19). The van der Waals surface area contributed by atoms with Crippen molar-refractivity contribution in [2.45, 2.75) is 25.9 Å². The molecule has 1 amide bonds. The number of carbonyl (C=O) groups is 1. The van der Waals surface area contributed by atoms with Gasteiger partial charge in [-0.25, -0.2) is 0 Å². The van der Waals surface area contributed by atoms with Crippen LogP contribution in [-0.4, -0.2) is 44.1 Å². The fraction of sp³-hybridized carbons (Fsp3) is 0.533. The molecular weight excluding hydrogens is 254 g/mol. The number of hydrogen-bond donors (Lipinski definition) is 2. The number of fused-ring (bicyclic) bond motifs is 1. The highest BCUT2D eigenvalue weighted by atomic mass is 16.5. The molecule has 1 aliphatic heterocycles. The number of benzene rings is 1. The Balaban J connectivity index is 2.05. The summed E-state index contributed by atoms with van der Waals surface area (Å²) in [6.07, 6.45) is 0. The van der Waals surface area contributed by atoms with E-state index >= 15 is 0 Å². The molecule has 1 aromatic rings. The van der Waals surface area contributed by atoms with Gasteiger partial charge in [0.05, 0.1) is 5.69 Å². The molecule has 0 spiro atoms. The number of hydrogen-bond acceptors (Lipinski definition) is 4. The molecule has 2 rings (SSSR count). The van der Waals surface area contributed by atoms with Crippen LogP contribution in [0.4, 0.5) is 5.69 Å². The molecule has 1 aromatic carbocycles. The first-order valence-electron chi connectivity index (χ1n) is 6.93. The molecule has 0 aromatic heterocycles. The zero-order valence-electron chi connectivity index (χ0n) is 12.6. The number of rotatable bonds is 5. The Kier molecular flexibility index (Phi) is 4.62. The van der Waals surface area contributed by atoms with Crippen LogP contribution in [0.1, 0.15) is 25.5 Å². The van der Waals surface area contributed by atoms with Gasteiger partial charge in [0, 0.05) is 18.6 Å². The summed E-state index contributed by atoms with van der Waals surface area (Å²) < 4.78 is 5.37. The van der Waals surface area contributed by atoms with E-state index in [9.17, 15) is 4.79 Å². The molecule has 2 atom stereocenters. The zero-order valence-corrected chi connectivity index (χ0v) is 12.6.